The van der Waals surface area contributed by atoms with Gasteiger partial charge < -0.3 is 0 Å². The number of carbonyl (C=O) groups is 1. The van der Waals surface area contributed by atoms with Crippen LogP contribution in [0.25, 0.3) is 11.1 Å². The lowest BCUT2D eigenvalue weighted by Crippen LogP contribution is -1.98. The molecule has 0 spiro atoms. The summed E-state index contributed by atoms with van der Waals surface area (Å²) in [7, 11) is 0. The van der Waals surface area contributed by atoms with Crippen molar-refractivity contribution in [1.82, 2.24) is 0 Å². The molecule has 0 aliphatic carbocycles. The molecule has 2 rings (SSSR count). The van der Waals surface area contributed by atoms with Crippen molar-refractivity contribution in [1.29, 1.82) is 0 Å². The maximum absolute atomic E-state index is 14.0. The molecule has 0 saturated heterocycles. The van der Waals surface area contributed by atoms with Crippen LogP contribution < -0.4 is 0 Å². The van der Waals surface area contributed by atoms with Gasteiger partial charge in [0.2, 0.25) is 0 Å². The first-order valence-electron chi connectivity index (χ1n) is 5.81. The van der Waals surface area contributed by atoms with Crippen molar-refractivity contribution in [3.63, 3.8) is 0 Å². The van der Waals surface area contributed by atoms with Crippen molar-refractivity contribution >= 4 is 29.0 Å². The minimum atomic E-state index is -0.456. The van der Waals surface area contributed by atoms with Gasteiger partial charge in [-0.3, -0.25) is 4.79 Å². The lowest BCUT2D eigenvalue weighted by molar-refractivity contribution is 0.0988. The highest BCUT2D eigenvalue weighted by Gasteiger charge is 2.15. The Morgan fingerprint density at radius 3 is 2.37 bits per heavy atom. The van der Waals surface area contributed by atoms with E-state index in [-0.39, 0.29) is 11.3 Å². The fourth-order valence-corrected chi connectivity index (χ4v) is 2.45. The van der Waals surface area contributed by atoms with Crippen molar-refractivity contribution < 1.29 is 9.18 Å². The summed E-state index contributed by atoms with van der Waals surface area (Å²) in [6.45, 7) is 1.76. The van der Waals surface area contributed by atoms with Gasteiger partial charge in [0.25, 0.3) is 0 Å². The summed E-state index contributed by atoms with van der Waals surface area (Å²) in [5.41, 5.74) is 1.11. The molecule has 2 aromatic rings. The molecule has 0 aliphatic rings. The van der Waals surface area contributed by atoms with Crippen LogP contribution in [0.1, 0.15) is 23.7 Å². The van der Waals surface area contributed by atoms with Crippen LogP contribution in [-0.2, 0) is 0 Å². The Kier molecular flexibility index (Phi) is 4.23. The van der Waals surface area contributed by atoms with Crippen molar-refractivity contribution in [3.8, 4) is 11.1 Å². The molecule has 2 aromatic carbocycles. The fraction of sp³-hybridized carbons (Fsp3) is 0.133. The summed E-state index contributed by atoms with van der Waals surface area (Å²) in [6, 6.07) is 9.18. The van der Waals surface area contributed by atoms with Crippen LogP contribution in [0.15, 0.2) is 36.4 Å². The van der Waals surface area contributed by atoms with Crippen molar-refractivity contribution in [2.45, 2.75) is 13.3 Å². The van der Waals surface area contributed by atoms with E-state index in [9.17, 15) is 9.18 Å². The number of halogens is 3. The maximum atomic E-state index is 14.0. The maximum Gasteiger partial charge on any atom is 0.162 e. The fourth-order valence-electron chi connectivity index (χ4n) is 1.85. The molecule has 1 nitrogen and oxygen atoms in total. The second-order valence-electron chi connectivity index (χ2n) is 4.07. The van der Waals surface area contributed by atoms with Crippen LogP contribution in [-0.4, -0.2) is 5.78 Å². The van der Waals surface area contributed by atoms with E-state index >= 15 is 0 Å². The van der Waals surface area contributed by atoms with E-state index in [2.05, 4.69) is 0 Å². The normalized spacial score (nSPS) is 10.5. The molecule has 0 aromatic heterocycles. The summed E-state index contributed by atoms with van der Waals surface area (Å²) in [6.07, 6.45) is 0.362. The Labute approximate surface area is 121 Å². The SMILES string of the molecule is CCC(=O)c1ccc(F)c(-c2c(Cl)cccc2Cl)c1. The van der Waals surface area contributed by atoms with Gasteiger partial charge in [-0.25, -0.2) is 4.39 Å². The quantitative estimate of drug-likeness (QED) is 0.694. The molecule has 0 unspecified atom stereocenters. The van der Waals surface area contributed by atoms with Crippen LogP contribution >= 0.6 is 23.2 Å². The van der Waals surface area contributed by atoms with Gasteiger partial charge in [0.05, 0.1) is 0 Å². The van der Waals surface area contributed by atoms with E-state index in [0.717, 1.165) is 0 Å². The molecule has 19 heavy (non-hydrogen) atoms. The zero-order chi connectivity index (χ0) is 14.0. The van der Waals surface area contributed by atoms with Crippen LogP contribution in [0.3, 0.4) is 0 Å². The Hall–Kier alpha value is -1.38. The van der Waals surface area contributed by atoms with E-state index in [1.54, 1.807) is 25.1 Å². The minimum Gasteiger partial charge on any atom is -0.294 e. The van der Waals surface area contributed by atoms with E-state index in [1.807, 2.05) is 0 Å². The number of Topliss-reactive ketones (excluding diaryl/α,β-unsaturated/α-hetero) is 1. The monoisotopic (exact) mass is 296 g/mol. The van der Waals surface area contributed by atoms with Gasteiger partial charge in [0.15, 0.2) is 5.78 Å². The standard InChI is InChI=1S/C15H11Cl2FO/c1-2-14(19)9-6-7-13(18)10(8-9)15-11(16)4-3-5-12(15)17/h3-8H,2H2,1H3. The largest absolute Gasteiger partial charge is 0.294 e. The predicted octanol–water partition coefficient (Wildman–Crippen LogP) is 5.39. The molecule has 4 heteroatoms. The third-order valence-corrected chi connectivity index (χ3v) is 3.47. The molecule has 0 atom stereocenters. The highest BCUT2D eigenvalue weighted by molar-refractivity contribution is 6.39. The van der Waals surface area contributed by atoms with Gasteiger partial charge in [-0.05, 0) is 30.3 Å². The molecular weight excluding hydrogens is 286 g/mol. The molecule has 98 valence electrons. The second-order valence-corrected chi connectivity index (χ2v) is 4.88. The molecule has 0 amide bonds. The summed E-state index contributed by atoms with van der Waals surface area (Å²) in [4.78, 5) is 11.7. The number of hydrogen-bond donors (Lipinski definition) is 0. The second kappa shape index (κ2) is 5.72. The van der Waals surface area contributed by atoms with Crippen molar-refractivity contribution in [2.24, 2.45) is 0 Å². The van der Waals surface area contributed by atoms with Gasteiger partial charge in [-0.15, -0.1) is 0 Å². The third kappa shape index (κ3) is 2.80. The lowest BCUT2D eigenvalue weighted by atomic mass is 9.99. The summed E-state index contributed by atoms with van der Waals surface area (Å²) in [5.74, 6) is -0.507. The Bertz CT molecular complexity index is 618. The van der Waals surface area contributed by atoms with E-state index in [1.165, 1.54) is 18.2 Å². The van der Waals surface area contributed by atoms with Gasteiger partial charge in [0.1, 0.15) is 5.82 Å². The number of rotatable bonds is 3. The number of ketones is 1. The molecular formula is C15H11Cl2FO. The summed E-state index contributed by atoms with van der Waals surface area (Å²) in [5, 5.41) is 0.708. The topological polar surface area (TPSA) is 17.1 Å². The first-order valence-corrected chi connectivity index (χ1v) is 6.57. The minimum absolute atomic E-state index is 0.0515. The Morgan fingerprint density at radius 1 is 1.16 bits per heavy atom. The number of benzene rings is 2. The van der Waals surface area contributed by atoms with Gasteiger partial charge in [0, 0.05) is 33.2 Å². The van der Waals surface area contributed by atoms with Gasteiger partial charge in [-0.1, -0.05) is 36.2 Å². The summed E-state index contributed by atoms with van der Waals surface area (Å²) >= 11 is 12.1. The number of hydrogen-bond acceptors (Lipinski definition) is 1. The van der Waals surface area contributed by atoms with Crippen LogP contribution in [0.5, 0.6) is 0 Å². The Balaban J connectivity index is 2.65. The van der Waals surface area contributed by atoms with Crippen LogP contribution in [0, 0.1) is 5.82 Å². The van der Waals surface area contributed by atoms with Gasteiger partial charge >= 0.3 is 0 Å². The smallest absolute Gasteiger partial charge is 0.162 e. The van der Waals surface area contributed by atoms with Crippen LogP contribution in [0.4, 0.5) is 4.39 Å². The zero-order valence-electron chi connectivity index (χ0n) is 10.2. The average Bonchev–Trinajstić information content (AvgIpc) is 2.39. The predicted molar refractivity (Wildman–Crippen MR) is 76.5 cm³/mol. The average molecular weight is 297 g/mol. The highest BCUT2D eigenvalue weighted by Crippen LogP contribution is 2.36. The zero-order valence-corrected chi connectivity index (χ0v) is 11.7. The first-order chi connectivity index (χ1) is 9.04. The molecule has 0 radical (unpaired) electrons. The molecule has 0 aliphatic heterocycles. The van der Waals surface area contributed by atoms with Crippen molar-refractivity contribution in [3.05, 3.63) is 57.8 Å². The van der Waals surface area contributed by atoms with E-state index < -0.39 is 5.82 Å². The summed E-state index contributed by atoms with van der Waals surface area (Å²) < 4.78 is 14.0. The van der Waals surface area contributed by atoms with E-state index in [0.29, 0.717) is 27.6 Å². The molecule has 0 fully saturated rings. The molecule has 0 saturated carbocycles. The van der Waals surface area contributed by atoms with E-state index in [4.69, 9.17) is 23.2 Å². The Morgan fingerprint density at radius 2 is 1.79 bits per heavy atom. The lowest BCUT2D eigenvalue weighted by Gasteiger charge is -2.10. The third-order valence-electron chi connectivity index (χ3n) is 2.84. The van der Waals surface area contributed by atoms with Gasteiger partial charge in [-0.2, -0.15) is 0 Å². The number of carbonyl (C=O) groups excluding carboxylic acids is 1. The highest BCUT2D eigenvalue weighted by atomic mass is 35.5. The first kappa shape index (κ1) is 14.0. The molecule has 0 heterocycles. The van der Waals surface area contributed by atoms with Crippen molar-refractivity contribution in [2.75, 3.05) is 0 Å². The van der Waals surface area contributed by atoms with Crippen LogP contribution in [0.2, 0.25) is 10.0 Å². The molecule has 0 bridgehead atoms. The molecule has 0 N–H and O–H groups in total.